The van der Waals surface area contributed by atoms with Crippen LogP contribution in [0.15, 0.2) is 77.4 Å². The van der Waals surface area contributed by atoms with E-state index in [2.05, 4.69) is 32.6 Å². The summed E-state index contributed by atoms with van der Waals surface area (Å²) in [5.74, 6) is 1.11. The fourth-order valence-corrected chi connectivity index (χ4v) is 4.20. The van der Waals surface area contributed by atoms with Gasteiger partial charge in [-0.25, -0.2) is 4.98 Å². The molecule has 30 heavy (non-hydrogen) atoms. The molecule has 0 saturated heterocycles. The first kappa shape index (κ1) is 18.6. The van der Waals surface area contributed by atoms with Crippen molar-refractivity contribution in [3.8, 4) is 17.1 Å². The Labute approximate surface area is 181 Å². The zero-order valence-corrected chi connectivity index (χ0v) is 18.1. The van der Waals surface area contributed by atoms with E-state index in [1.807, 2.05) is 55.7 Å². The minimum absolute atomic E-state index is 0.149. The van der Waals surface area contributed by atoms with Crippen molar-refractivity contribution < 1.29 is 9.53 Å². The molecule has 0 spiro atoms. The quantitative estimate of drug-likeness (QED) is 0.350. The van der Waals surface area contributed by atoms with Crippen LogP contribution in [-0.4, -0.2) is 27.1 Å². The molecule has 2 heterocycles. The zero-order valence-electron chi connectivity index (χ0n) is 16.5. The molecule has 6 heteroatoms. The van der Waals surface area contributed by atoms with Gasteiger partial charge in [0.15, 0.2) is 0 Å². The number of hydrogen-bond acceptors (Lipinski definition) is 3. The Bertz CT molecular complexity index is 1430. The molecule has 0 unspecified atom stereocenters. The van der Waals surface area contributed by atoms with Gasteiger partial charge in [-0.2, -0.15) is 0 Å². The summed E-state index contributed by atoms with van der Waals surface area (Å²) in [6.45, 7) is 0. The fourth-order valence-electron chi connectivity index (χ4n) is 3.84. The number of benzene rings is 3. The van der Waals surface area contributed by atoms with Crippen LogP contribution in [0.5, 0.6) is 5.75 Å². The van der Waals surface area contributed by atoms with Crippen LogP contribution in [0.4, 0.5) is 0 Å². The number of methoxy groups -OCH3 is 1. The van der Waals surface area contributed by atoms with E-state index in [4.69, 9.17) is 9.72 Å². The largest absolute Gasteiger partial charge is 0.497 e. The van der Waals surface area contributed by atoms with Crippen LogP contribution in [0.1, 0.15) is 10.4 Å². The van der Waals surface area contributed by atoms with Gasteiger partial charge in [-0.15, -0.1) is 0 Å². The first-order valence-electron chi connectivity index (χ1n) is 9.48. The van der Waals surface area contributed by atoms with E-state index in [-0.39, 0.29) is 5.91 Å². The van der Waals surface area contributed by atoms with Gasteiger partial charge in [-0.05, 0) is 48.5 Å². The molecule has 0 saturated carbocycles. The number of carbonyl (C=O) groups excluding carboxylic acids is 1. The lowest BCUT2D eigenvalue weighted by Gasteiger charge is -2.09. The molecule has 3 aromatic carbocycles. The van der Waals surface area contributed by atoms with Crippen molar-refractivity contribution in [2.45, 2.75) is 0 Å². The Morgan fingerprint density at radius 2 is 1.83 bits per heavy atom. The molecule has 0 bridgehead atoms. The number of ether oxygens (including phenoxy) is 1. The van der Waals surface area contributed by atoms with Crippen molar-refractivity contribution in [2.24, 2.45) is 7.05 Å². The second-order valence-corrected chi connectivity index (χ2v) is 8.03. The summed E-state index contributed by atoms with van der Waals surface area (Å²) >= 11 is 3.57. The lowest BCUT2D eigenvalue weighted by Crippen LogP contribution is -2.13. The van der Waals surface area contributed by atoms with Crippen LogP contribution in [0.3, 0.4) is 0 Å². The Kier molecular flexibility index (Phi) is 4.44. The van der Waals surface area contributed by atoms with Gasteiger partial charge in [0.2, 0.25) is 0 Å². The topological polar surface area (TPSA) is 49.0 Å². The molecule has 5 rings (SSSR count). The maximum absolute atomic E-state index is 13.6. The van der Waals surface area contributed by atoms with Crippen LogP contribution in [0, 0.1) is 0 Å². The van der Waals surface area contributed by atoms with E-state index in [9.17, 15) is 4.79 Å². The number of aromatic nitrogens is 3. The van der Waals surface area contributed by atoms with Crippen LogP contribution >= 0.6 is 15.9 Å². The number of hydrogen-bond donors (Lipinski definition) is 0. The van der Waals surface area contributed by atoms with E-state index in [0.29, 0.717) is 17.1 Å². The summed E-state index contributed by atoms with van der Waals surface area (Å²) in [4.78, 5) is 18.5. The molecular weight excluding hydrogens is 442 g/mol. The first-order chi connectivity index (χ1) is 14.6. The van der Waals surface area contributed by atoms with Gasteiger partial charge in [0.1, 0.15) is 11.6 Å². The summed E-state index contributed by atoms with van der Waals surface area (Å²) in [5.41, 5.74) is 4.06. The Morgan fingerprint density at radius 3 is 2.67 bits per heavy atom. The van der Waals surface area contributed by atoms with Crippen molar-refractivity contribution in [1.29, 1.82) is 0 Å². The number of para-hydroxylation sites is 2. The highest BCUT2D eigenvalue weighted by Gasteiger charge is 2.22. The molecule has 0 amide bonds. The molecule has 0 aliphatic heterocycles. The number of aryl methyl sites for hydroxylation is 1. The number of rotatable bonds is 3. The predicted octanol–water partition coefficient (Wildman–Crippen LogP) is 5.65. The third-order valence-corrected chi connectivity index (χ3v) is 5.77. The van der Waals surface area contributed by atoms with E-state index in [1.165, 1.54) is 0 Å². The molecule has 0 radical (unpaired) electrons. The molecule has 148 valence electrons. The van der Waals surface area contributed by atoms with Gasteiger partial charge in [0.25, 0.3) is 5.91 Å². The Balaban J connectivity index is 1.81. The van der Waals surface area contributed by atoms with Gasteiger partial charge in [-0.3, -0.25) is 9.36 Å². The Hall–Kier alpha value is -3.38. The molecule has 0 fully saturated rings. The predicted molar refractivity (Wildman–Crippen MR) is 122 cm³/mol. The number of carbonyl (C=O) groups is 1. The highest BCUT2D eigenvalue weighted by Crippen LogP contribution is 2.34. The summed E-state index contributed by atoms with van der Waals surface area (Å²) in [6.07, 6.45) is 2.02. The number of nitrogens with zero attached hydrogens (tertiary/aromatic N) is 3. The molecule has 2 aromatic heterocycles. The van der Waals surface area contributed by atoms with E-state index < -0.39 is 0 Å². The highest BCUT2D eigenvalue weighted by atomic mass is 79.9. The van der Waals surface area contributed by atoms with Crippen molar-refractivity contribution >= 4 is 43.8 Å². The van der Waals surface area contributed by atoms with Gasteiger partial charge >= 0.3 is 0 Å². The zero-order chi connectivity index (χ0) is 20.8. The van der Waals surface area contributed by atoms with E-state index in [0.717, 1.165) is 32.0 Å². The monoisotopic (exact) mass is 459 g/mol. The minimum atomic E-state index is -0.149. The maximum Gasteiger partial charge on any atom is 0.264 e. The fraction of sp³-hybridized carbons (Fsp3) is 0.0833. The SMILES string of the molecule is COc1cccc(C(=O)n2c(-c3cn(C)c4ccc(Br)cc34)nc3ccccc32)c1. The average molecular weight is 460 g/mol. The molecule has 0 atom stereocenters. The second kappa shape index (κ2) is 7.15. The molecule has 0 aliphatic rings. The lowest BCUT2D eigenvalue weighted by atomic mass is 10.1. The van der Waals surface area contributed by atoms with Gasteiger partial charge < -0.3 is 9.30 Å². The number of fused-ring (bicyclic) bond motifs is 2. The van der Waals surface area contributed by atoms with E-state index >= 15 is 0 Å². The Morgan fingerprint density at radius 1 is 1.00 bits per heavy atom. The number of halogens is 1. The molecule has 0 N–H and O–H groups in total. The average Bonchev–Trinajstić information content (AvgIpc) is 3.30. The summed E-state index contributed by atoms with van der Waals surface area (Å²) in [7, 11) is 3.59. The third-order valence-electron chi connectivity index (χ3n) is 5.27. The molecule has 0 aliphatic carbocycles. The van der Waals surface area contributed by atoms with Crippen LogP contribution in [0.2, 0.25) is 0 Å². The second-order valence-electron chi connectivity index (χ2n) is 7.11. The van der Waals surface area contributed by atoms with E-state index in [1.54, 1.807) is 23.8 Å². The smallest absolute Gasteiger partial charge is 0.264 e. The van der Waals surface area contributed by atoms with Crippen LogP contribution in [0.25, 0.3) is 33.3 Å². The van der Waals surface area contributed by atoms with Crippen molar-refractivity contribution in [1.82, 2.24) is 14.1 Å². The van der Waals surface area contributed by atoms with Crippen molar-refractivity contribution in [3.05, 3.63) is 83.0 Å². The standard InChI is InChI=1S/C24H18BrN3O2/c1-27-14-19(18-13-16(25)10-11-21(18)27)23-26-20-8-3-4-9-22(20)28(23)24(29)15-6-5-7-17(12-15)30-2/h3-14H,1-2H3. The summed E-state index contributed by atoms with van der Waals surface area (Å²) in [6, 6.07) is 21.0. The lowest BCUT2D eigenvalue weighted by molar-refractivity contribution is 0.0966. The third kappa shape index (κ3) is 2.92. The molecule has 5 nitrogen and oxygen atoms in total. The highest BCUT2D eigenvalue weighted by molar-refractivity contribution is 9.10. The molecule has 5 aromatic rings. The maximum atomic E-state index is 13.6. The minimum Gasteiger partial charge on any atom is -0.497 e. The van der Waals surface area contributed by atoms with Crippen LogP contribution < -0.4 is 4.74 Å². The normalized spacial score (nSPS) is 11.3. The summed E-state index contributed by atoms with van der Waals surface area (Å²) in [5, 5.41) is 1.03. The summed E-state index contributed by atoms with van der Waals surface area (Å²) < 4.78 is 10.0. The van der Waals surface area contributed by atoms with Crippen LogP contribution in [-0.2, 0) is 7.05 Å². The van der Waals surface area contributed by atoms with Gasteiger partial charge in [0.05, 0.1) is 18.1 Å². The first-order valence-corrected chi connectivity index (χ1v) is 10.3. The molecular formula is C24H18BrN3O2. The van der Waals surface area contributed by atoms with Gasteiger partial charge in [0, 0.05) is 39.7 Å². The van der Waals surface area contributed by atoms with Crippen molar-refractivity contribution in [3.63, 3.8) is 0 Å². The number of imidazole rings is 1. The van der Waals surface area contributed by atoms with Crippen molar-refractivity contribution in [2.75, 3.05) is 7.11 Å². The van der Waals surface area contributed by atoms with Gasteiger partial charge in [-0.1, -0.05) is 34.1 Å².